The van der Waals surface area contributed by atoms with E-state index in [4.69, 9.17) is 0 Å². The minimum atomic E-state index is 0.316. The van der Waals surface area contributed by atoms with E-state index in [0.29, 0.717) is 6.04 Å². The molecule has 0 fully saturated rings. The maximum Gasteiger partial charge on any atom is 0.0361 e. The van der Waals surface area contributed by atoms with Crippen LogP contribution < -0.4 is 5.32 Å². The van der Waals surface area contributed by atoms with Crippen LogP contribution in [0.4, 0.5) is 0 Å². The van der Waals surface area contributed by atoms with Gasteiger partial charge in [-0.1, -0.05) is 56.1 Å². The van der Waals surface area contributed by atoms with Gasteiger partial charge in [0.2, 0.25) is 0 Å². The molecule has 0 bridgehead atoms. The first-order valence-electron chi connectivity index (χ1n) is 6.28. The van der Waals surface area contributed by atoms with E-state index in [-0.39, 0.29) is 0 Å². The molecule has 0 aromatic heterocycles. The third-order valence-electron chi connectivity index (χ3n) is 3.35. The highest BCUT2D eigenvalue weighted by atomic mass is 79.9. The number of halogens is 2. The average Bonchev–Trinajstić information content (AvgIpc) is 2.41. The average molecular weight is 383 g/mol. The molecule has 3 heteroatoms. The molecule has 1 unspecified atom stereocenters. The van der Waals surface area contributed by atoms with Gasteiger partial charge in [0.15, 0.2) is 0 Å². The first-order chi connectivity index (χ1) is 9.11. The van der Waals surface area contributed by atoms with Crippen LogP contribution in [0.2, 0.25) is 0 Å². The van der Waals surface area contributed by atoms with Crippen LogP contribution in [-0.4, -0.2) is 7.05 Å². The highest BCUT2D eigenvalue weighted by molar-refractivity contribution is 9.10. The van der Waals surface area contributed by atoms with Crippen LogP contribution in [0, 0.1) is 6.92 Å². The van der Waals surface area contributed by atoms with E-state index in [9.17, 15) is 0 Å². The molecule has 2 aromatic carbocycles. The molecule has 0 aliphatic rings. The summed E-state index contributed by atoms with van der Waals surface area (Å²) < 4.78 is 2.29. The summed E-state index contributed by atoms with van der Waals surface area (Å²) in [4.78, 5) is 0. The zero-order valence-electron chi connectivity index (χ0n) is 11.1. The van der Waals surface area contributed by atoms with Gasteiger partial charge >= 0.3 is 0 Å². The summed E-state index contributed by atoms with van der Waals surface area (Å²) in [6.45, 7) is 2.16. The molecule has 0 heterocycles. The Hall–Kier alpha value is -0.640. The maximum atomic E-state index is 3.62. The molecule has 0 aliphatic heterocycles. The summed E-state index contributed by atoms with van der Waals surface area (Å²) in [7, 11) is 2.02. The molecule has 0 amide bonds. The molecular formula is C16H17Br2N. The van der Waals surface area contributed by atoms with E-state index in [1.165, 1.54) is 21.2 Å². The third-order valence-corrected chi connectivity index (χ3v) is 4.61. The Morgan fingerprint density at radius 1 is 1.11 bits per heavy atom. The van der Waals surface area contributed by atoms with Crippen molar-refractivity contribution < 1.29 is 0 Å². The topological polar surface area (TPSA) is 12.0 Å². The summed E-state index contributed by atoms with van der Waals surface area (Å²) in [6, 6.07) is 15.2. The monoisotopic (exact) mass is 381 g/mol. The van der Waals surface area contributed by atoms with Crippen molar-refractivity contribution in [1.82, 2.24) is 5.32 Å². The highest BCUT2D eigenvalue weighted by Crippen LogP contribution is 2.27. The van der Waals surface area contributed by atoms with Gasteiger partial charge in [0.25, 0.3) is 0 Å². The second kappa shape index (κ2) is 6.69. The van der Waals surface area contributed by atoms with Gasteiger partial charge in [-0.15, -0.1) is 0 Å². The first kappa shape index (κ1) is 14.8. The molecule has 2 rings (SSSR count). The molecule has 1 atom stereocenters. The lowest BCUT2D eigenvalue weighted by molar-refractivity contribution is 0.587. The number of benzene rings is 2. The van der Waals surface area contributed by atoms with Crippen molar-refractivity contribution in [2.24, 2.45) is 0 Å². The Labute approximate surface area is 131 Å². The van der Waals surface area contributed by atoms with E-state index in [2.05, 4.69) is 80.5 Å². The van der Waals surface area contributed by atoms with Crippen molar-refractivity contribution in [3.63, 3.8) is 0 Å². The Kier molecular flexibility index (Phi) is 5.20. The normalized spacial score (nSPS) is 12.4. The lowest BCUT2D eigenvalue weighted by Crippen LogP contribution is -2.20. The lowest BCUT2D eigenvalue weighted by atomic mass is 9.95. The largest absolute Gasteiger partial charge is 0.313 e. The zero-order chi connectivity index (χ0) is 13.8. The van der Waals surface area contributed by atoms with Gasteiger partial charge < -0.3 is 5.32 Å². The number of aryl methyl sites for hydroxylation is 1. The Bertz CT molecular complexity index is 566. The Morgan fingerprint density at radius 2 is 1.84 bits per heavy atom. The molecular weight excluding hydrogens is 366 g/mol. The molecule has 0 aliphatic carbocycles. The summed E-state index contributed by atoms with van der Waals surface area (Å²) in [5, 5.41) is 3.42. The van der Waals surface area contributed by atoms with E-state index in [1.54, 1.807) is 0 Å². The molecule has 1 nitrogen and oxygen atoms in total. The van der Waals surface area contributed by atoms with Crippen molar-refractivity contribution in [3.8, 4) is 0 Å². The Balaban J connectivity index is 2.30. The van der Waals surface area contributed by atoms with Crippen molar-refractivity contribution in [1.29, 1.82) is 0 Å². The predicted molar refractivity (Wildman–Crippen MR) is 88.5 cm³/mol. The third kappa shape index (κ3) is 3.68. The van der Waals surface area contributed by atoms with Gasteiger partial charge in [0.1, 0.15) is 0 Å². The number of likely N-dealkylation sites (N-methyl/N-ethyl adjacent to an activating group) is 1. The van der Waals surface area contributed by atoms with Crippen molar-refractivity contribution in [2.75, 3.05) is 7.05 Å². The van der Waals surface area contributed by atoms with Crippen molar-refractivity contribution in [2.45, 2.75) is 19.4 Å². The van der Waals surface area contributed by atoms with E-state index >= 15 is 0 Å². The first-order valence-corrected chi connectivity index (χ1v) is 7.87. The van der Waals surface area contributed by atoms with Crippen molar-refractivity contribution >= 4 is 31.9 Å². The van der Waals surface area contributed by atoms with E-state index in [0.717, 1.165) is 10.9 Å². The van der Waals surface area contributed by atoms with Gasteiger partial charge in [-0.2, -0.15) is 0 Å². The number of hydrogen-bond acceptors (Lipinski definition) is 1. The number of nitrogens with one attached hydrogen (secondary N) is 1. The molecule has 0 saturated heterocycles. The fraction of sp³-hybridized carbons (Fsp3) is 0.250. The second-order valence-corrected chi connectivity index (χ2v) is 6.41. The van der Waals surface area contributed by atoms with Crippen LogP contribution in [0.15, 0.2) is 51.4 Å². The molecule has 0 saturated carbocycles. The fourth-order valence-electron chi connectivity index (χ4n) is 2.24. The molecule has 0 spiro atoms. The minimum absolute atomic E-state index is 0.316. The molecule has 2 aromatic rings. The van der Waals surface area contributed by atoms with Gasteiger partial charge in [-0.25, -0.2) is 0 Å². The molecule has 0 radical (unpaired) electrons. The second-order valence-electron chi connectivity index (χ2n) is 4.64. The van der Waals surface area contributed by atoms with E-state index in [1.807, 2.05) is 13.1 Å². The van der Waals surface area contributed by atoms with Gasteiger partial charge in [0, 0.05) is 15.0 Å². The van der Waals surface area contributed by atoms with Crippen LogP contribution in [-0.2, 0) is 6.42 Å². The predicted octanol–water partition coefficient (Wildman–Crippen LogP) is 5.02. The number of rotatable bonds is 4. The number of hydrogen-bond donors (Lipinski definition) is 1. The highest BCUT2D eigenvalue weighted by Gasteiger charge is 2.14. The van der Waals surface area contributed by atoms with Gasteiger partial charge in [-0.3, -0.25) is 0 Å². The van der Waals surface area contributed by atoms with Crippen LogP contribution >= 0.6 is 31.9 Å². The van der Waals surface area contributed by atoms with E-state index < -0.39 is 0 Å². The smallest absolute Gasteiger partial charge is 0.0361 e. The van der Waals surface area contributed by atoms with Crippen LogP contribution in [0.5, 0.6) is 0 Å². The van der Waals surface area contributed by atoms with Gasteiger partial charge in [0.05, 0.1) is 0 Å². The van der Waals surface area contributed by atoms with Crippen molar-refractivity contribution in [3.05, 3.63) is 68.1 Å². The summed E-state index contributed by atoms with van der Waals surface area (Å²) in [5.74, 6) is 0. The lowest BCUT2D eigenvalue weighted by Gasteiger charge is -2.20. The summed E-state index contributed by atoms with van der Waals surface area (Å²) in [6.07, 6.45) is 0.967. The fourth-order valence-corrected chi connectivity index (χ4v) is 3.06. The van der Waals surface area contributed by atoms with Gasteiger partial charge in [-0.05, 0) is 55.3 Å². The van der Waals surface area contributed by atoms with Crippen LogP contribution in [0.25, 0.3) is 0 Å². The van der Waals surface area contributed by atoms with Crippen LogP contribution in [0.3, 0.4) is 0 Å². The Morgan fingerprint density at radius 3 is 2.53 bits per heavy atom. The minimum Gasteiger partial charge on any atom is -0.313 e. The zero-order valence-corrected chi connectivity index (χ0v) is 14.3. The molecule has 19 heavy (non-hydrogen) atoms. The molecule has 1 N–H and O–H groups in total. The SMILES string of the molecule is CNC(Cc1ccccc1Br)c1cc(Br)ccc1C. The standard InChI is InChI=1S/C16H17Br2N/c1-11-7-8-13(17)10-14(11)16(19-2)9-12-5-3-4-6-15(12)18/h3-8,10,16,19H,9H2,1-2H3. The van der Waals surface area contributed by atoms with Crippen LogP contribution in [0.1, 0.15) is 22.7 Å². The summed E-state index contributed by atoms with van der Waals surface area (Å²) >= 11 is 7.18. The molecule has 100 valence electrons. The maximum absolute atomic E-state index is 3.62. The summed E-state index contributed by atoms with van der Waals surface area (Å²) in [5.41, 5.74) is 3.98. The quantitative estimate of drug-likeness (QED) is 0.782.